The Morgan fingerprint density at radius 2 is 1.17 bits per heavy atom. The van der Waals surface area contributed by atoms with Gasteiger partial charge in [-0.05, 0) is 109 Å². The standard InChI is InChI=1S/C51H38Cl2N2O4/c52-34-19-21-38-40(29-34)50(25-23-46(56)58-36-13-3-1-4-14-36,42-27-32-11-7-9-17-44(32)54-48(38)42)31-51(26-24-47(57)59-37-15-5-2-6-16-37)41-30-35(53)20-22-39(41)49-43(51)28-33-12-8-10-18-45(33)55-49/h1-19,21-22,27-30,35H,20,23-26,31H2. The summed E-state index contributed by atoms with van der Waals surface area (Å²) in [6.45, 7) is 0. The first-order valence-corrected chi connectivity index (χ1v) is 20.8. The van der Waals surface area contributed by atoms with E-state index in [9.17, 15) is 9.59 Å². The van der Waals surface area contributed by atoms with Crippen molar-refractivity contribution < 1.29 is 19.1 Å². The Bertz CT molecular complexity index is 2880. The van der Waals surface area contributed by atoms with Gasteiger partial charge >= 0.3 is 11.9 Å². The molecule has 0 saturated carbocycles. The third kappa shape index (κ3) is 6.61. The largest absolute Gasteiger partial charge is 0.427 e. The molecule has 2 heterocycles. The maximum atomic E-state index is 14.0. The maximum Gasteiger partial charge on any atom is 0.311 e. The Morgan fingerprint density at radius 1 is 0.627 bits per heavy atom. The van der Waals surface area contributed by atoms with Crippen molar-refractivity contribution in [2.24, 2.45) is 0 Å². The summed E-state index contributed by atoms with van der Waals surface area (Å²) in [6, 6.07) is 45.0. The number of benzene rings is 5. The Labute approximate surface area is 352 Å². The van der Waals surface area contributed by atoms with Crippen molar-refractivity contribution in [1.29, 1.82) is 0 Å². The summed E-state index contributed by atoms with van der Waals surface area (Å²) in [4.78, 5) is 38.6. The fourth-order valence-corrected chi connectivity index (χ4v) is 10.1. The van der Waals surface area contributed by atoms with Crippen molar-refractivity contribution in [2.45, 2.75) is 54.7 Å². The average Bonchev–Trinajstić information content (AvgIpc) is 3.65. The molecule has 3 aliphatic rings. The van der Waals surface area contributed by atoms with Gasteiger partial charge in [0.2, 0.25) is 0 Å². The summed E-state index contributed by atoms with van der Waals surface area (Å²) in [5.74, 6) is 0.287. The highest BCUT2D eigenvalue weighted by atomic mass is 35.5. The first-order valence-electron chi connectivity index (χ1n) is 20.0. The molecular formula is C51H38Cl2N2O4. The molecule has 2 aromatic heterocycles. The van der Waals surface area contributed by atoms with Crippen LogP contribution in [-0.4, -0.2) is 27.3 Å². The molecular weight excluding hydrogens is 775 g/mol. The van der Waals surface area contributed by atoms with E-state index in [1.807, 2.05) is 91.0 Å². The van der Waals surface area contributed by atoms with Gasteiger partial charge in [0, 0.05) is 50.6 Å². The second kappa shape index (κ2) is 14.9. The maximum absolute atomic E-state index is 14.0. The third-order valence-electron chi connectivity index (χ3n) is 12.3. The lowest BCUT2D eigenvalue weighted by molar-refractivity contribution is -0.135. The normalized spacial score (nSPS) is 19.9. The molecule has 0 saturated heterocycles. The number of carbonyl (C=O) groups excluding carboxylic acids is 2. The number of aromatic nitrogens is 2. The van der Waals surface area contributed by atoms with Crippen LogP contribution in [0, 0.1) is 0 Å². The van der Waals surface area contributed by atoms with Gasteiger partial charge in [0.05, 0.1) is 27.8 Å². The molecule has 3 aliphatic carbocycles. The van der Waals surface area contributed by atoms with Crippen LogP contribution in [0.1, 0.15) is 60.9 Å². The van der Waals surface area contributed by atoms with E-state index < -0.39 is 10.8 Å². The van der Waals surface area contributed by atoms with Gasteiger partial charge in [-0.15, -0.1) is 11.6 Å². The molecule has 10 rings (SSSR count). The van der Waals surface area contributed by atoms with Gasteiger partial charge in [-0.25, -0.2) is 9.97 Å². The van der Waals surface area contributed by atoms with E-state index in [-0.39, 0.29) is 30.2 Å². The van der Waals surface area contributed by atoms with Gasteiger partial charge in [-0.3, -0.25) is 9.59 Å². The monoisotopic (exact) mass is 812 g/mol. The number of alkyl halides is 1. The van der Waals surface area contributed by atoms with Crippen LogP contribution in [-0.2, 0) is 20.4 Å². The SMILES string of the molecule is O=C(CCC1(CC2(CCC(=O)Oc3ccccc3)c3cc(Cl)ccc3-c3nc4ccccc4cc32)C2=CC(Cl)CC=C2c2nc3ccccc3cc21)Oc1ccccc1. The van der Waals surface area contributed by atoms with E-state index in [0.29, 0.717) is 42.2 Å². The molecule has 0 radical (unpaired) electrons. The second-order valence-corrected chi connectivity index (χ2v) is 16.7. The third-order valence-corrected chi connectivity index (χ3v) is 12.8. The highest BCUT2D eigenvalue weighted by molar-refractivity contribution is 6.30. The minimum Gasteiger partial charge on any atom is -0.427 e. The first-order chi connectivity index (χ1) is 28.8. The molecule has 59 heavy (non-hydrogen) atoms. The summed E-state index contributed by atoms with van der Waals surface area (Å²) in [5.41, 5.74) is 7.85. The number of esters is 2. The minimum absolute atomic E-state index is 0.0992. The van der Waals surface area contributed by atoms with Crippen LogP contribution in [0.15, 0.2) is 157 Å². The molecule has 0 N–H and O–H groups in total. The van der Waals surface area contributed by atoms with Gasteiger partial charge in [0.15, 0.2) is 0 Å². The van der Waals surface area contributed by atoms with Crippen LogP contribution in [0.4, 0.5) is 0 Å². The van der Waals surface area contributed by atoms with Gasteiger partial charge in [0.25, 0.3) is 0 Å². The molecule has 0 bridgehead atoms. The van der Waals surface area contributed by atoms with E-state index in [4.69, 9.17) is 42.6 Å². The van der Waals surface area contributed by atoms with Gasteiger partial charge in [-0.2, -0.15) is 0 Å². The minimum atomic E-state index is -0.843. The average molecular weight is 814 g/mol. The molecule has 0 fully saturated rings. The lowest BCUT2D eigenvalue weighted by atomic mass is 9.59. The van der Waals surface area contributed by atoms with E-state index in [1.54, 1.807) is 24.3 Å². The van der Waals surface area contributed by atoms with Gasteiger partial charge in [0.1, 0.15) is 11.5 Å². The Hall–Kier alpha value is -6.08. The molecule has 0 aliphatic heterocycles. The fraction of sp³-hybridized carbons (Fsp3) is 0.176. The Morgan fingerprint density at radius 3 is 1.80 bits per heavy atom. The van der Waals surface area contributed by atoms with Gasteiger partial charge < -0.3 is 9.47 Å². The summed E-state index contributed by atoms with van der Waals surface area (Å²) >= 11 is 14.0. The number of hydrogen-bond acceptors (Lipinski definition) is 6. The lowest BCUT2D eigenvalue weighted by Gasteiger charge is -2.43. The van der Waals surface area contributed by atoms with E-state index in [2.05, 4.69) is 36.4 Å². The van der Waals surface area contributed by atoms with Crippen LogP contribution in [0.2, 0.25) is 5.02 Å². The highest BCUT2D eigenvalue weighted by Gasteiger charge is 2.55. The smallest absolute Gasteiger partial charge is 0.311 e. The van der Waals surface area contributed by atoms with Crippen molar-refractivity contribution in [3.8, 4) is 22.8 Å². The van der Waals surface area contributed by atoms with Crippen molar-refractivity contribution in [3.05, 3.63) is 185 Å². The molecule has 6 nitrogen and oxygen atoms in total. The molecule has 3 unspecified atom stereocenters. The Balaban J connectivity index is 1.20. The number of nitrogens with zero attached hydrogens (tertiary/aromatic N) is 2. The topological polar surface area (TPSA) is 78.4 Å². The summed E-state index contributed by atoms with van der Waals surface area (Å²) in [5, 5.41) is 2.29. The first kappa shape index (κ1) is 37.2. The summed E-state index contributed by atoms with van der Waals surface area (Å²) in [7, 11) is 0. The summed E-state index contributed by atoms with van der Waals surface area (Å²) < 4.78 is 11.9. The number of allylic oxidation sites excluding steroid dienone is 4. The van der Waals surface area contributed by atoms with Crippen molar-refractivity contribution in [3.63, 3.8) is 0 Å². The molecule has 0 amide bonds. The van der Waals surface area contributed by atoms with E-state index in [1.165, 1.54) is 0 Å². The number of halogens is 2. The second-order valence-electron chi connectivity index (χ2n) is 15.7. The fourth-order valence-electron chi connectivity index (χ4n) is 9.69. The number of fused-ring (bicyclic) bond motifs is 8. The molecule has 5 aromatic carbocycles. The molecule has 7 aromatic rings. The van der Waals surface area contributed by atoms with Crippen LogP contribution in [0.5, 0.6) is 11.5 Å². The van der Waals surface area contributed by atoms with Crippen LogP contribution >= 0.6 is 23.2 Å². The number of ether oxygens (including phenoxy) is 2. The van der Waals surface area contributed by atoms with Crippen molar-refractivity contribution in [2.75, 3.05) is 0 Å². The number of hydrogen-bond donors (Lipinski definition) is 0. The predicted octanol–water partition coefficient (Wildman–Crippen LogP) is 12.1. The lowest BCUT2D eigenvalue weighted by Crippen LogP contribution is -2.39. The zero-order valence-corrected chi connectivity index (χ0v) is 33.5. The zero-order valence-electron chi connectivity index (χ0n) is 32.0. The van der Waals surface area contributed by atoms with Crippen molar-refractivity contribution in [1.82, 2.24) is 9.97 Å². The molecule has 3 atom stereocenters. The number of para-hydroxylation sites is 4. The van der Waals surface area contributed by atoms with Crippen LogP contribution < -0.4 is 9.47 Å². The summed E-state index contributed by atoms with van der Waals surface area (Å²) in [6.07, 6.45) is 6.44. The zero-order chi connectivity index (χ0) is 40.1. The van der Waals surface area contributed by atoms with E-state index in [0.717, 1.165) is 66.6 Å². The van der Waals surface area contributed by atoms with Gasteiger partial charge in [-0.1, -0.05) is 103 Å². The predicted molar refractivity (Wildman–Crippen MR) is 234 cm³/mol. The number of carbonyl (C=O) groups is 2. The number of rotatable bonds is 10. The molecule has 8 heteroatoms. The molecule has 0 spiro atoms. The van der Waals surface area contributed by atoms with Crippen LogP contribution in [0.25, 0.3) is 38.6 Å². The highest BCUT2D eigenvalue weighted by Crippen LogP contribution is 2.64. The van der Waals surface area contributed by atoms with Crippen LogP contribution in [0.3, 0.4) is 0 Å². The molecule has 290 valence electrons. The number of pyridine rings is 2. The van der Waals surface area contributed by atoms with E-state index >= 15 is 0 Å². The quantitative estimate of drug-likeness (QED) is 0.0777. The Kier molecular flexibility index (Phi) is 9.42. The van der Waals surface area contributed by atoms with Crippen molar-refractivity contribution >= 4 is 62.5 Å².